The number of benzene rings is 6. The average molecular weight is 735 g/mol. The van der Waals surface area contributed by atoms with Crippen LogP contribution in [0.1, 0.15) is 96.5 Å². The quantitative estimate of drug-likeness (QED) is 0.122. The summed E-state index contributed by atoms with van der Waals surface area (Å²) >= 11 is 0. The summed E-state index contributed by atoms with van der Waals surface area (Å²) in [7, 11) is 6.21. The van der Waals surface area contributed by atoms with E-state index in [1.165, 1.54) is 138 Å². The molecule has 0 aromatic heterocycles. The molecule has 1 heteroatoms. The summed E-state index contributed by atoms with van der Waals surface area (Å²) in [5.74, 6) is 0. The number of rotatable bonds is 5. The van der Waals surface area contributed by atoms with Gasteiger partial charge in [0, 0.05) is 0 Å². The second-order valence-corrected chi connectivity index (χ2v) is 17.2. The lowest BCUT2D eigenvalue weighted by atomic mass is 9.73. The topological polar surface area (TPSA) is 0 Å². The van der Waals surface area contributed by atoms with E-state index < -0.39 is 0 Å². The maximum atomic E-state index is 6.21. The second-order valence-electron chi connectivity index (χ2n) is 17.2. The van der Waals surface area contributed by atoms with E-state index in [1.807, 2.05) is 0 Å². The average Bonchev–Trinajstić information content (AvgIpc) is 3.64. The predicted octanol–water partition coefficient (Wildman–Crippen LogP) is 15.1. The van der Waals surface area contributed by atoms with Crippen LogP contribution in [0.25, 0.3) is 66.6 Å². The monoisotopic (exact) mass is 734 g/mol. The first-order valence-electron chi connectivity index (χ1n) is 21.2. The van der Waals surface area contributed by atoms with Crippen molar-refractivity contribution in [2.45, 2.75) is 92.8 Å². The lowest BCUT2D eigenvalue weighted by Gasteiger charge is -2.30. The Morgan fingerprint density at radius 1 is 0.632 bits per heavy atom. The highest BCUT2D eigenvalue weighted by atomic mass is 14.3. The van der Waals surface area contributed by atoms with E-state index >= 15 is 0 Å². The Morgan fingerprint density at radius 3 is 2.21 bits per heavy atom. The highest BCUT2D eigenvalue weighted by molar-refractivity contribution is 6.23. The molecule has 57 heavy (non-hydrogen) atoms. The summed E-state index contributed by atoms with van der Waals surface area (Å²) in [6.45, 7) is 13.9. The molecule has 4 aliphatic carbocycles. The standard InChI is InChI=1S/C56H51B/c1-32(31-57)33(2)35(4)46-25-26-47-36(5)34(3)37(6)52-55(50-17-11-10-16-49(50)54(46)56(47)52)51-18-12-15-43-30-45-29-42(23-24-48(45)53(43)51)41-22-20-39-19-21-40(27-44(39)28-41)38-13-8-7-9-14-38/h8,10-18,20,22-24,27-29H,7,9,19,21,25-26,30-31H2,1-6H3/b33-32-,46-35+. The molecular formula is C56H51B. The van der Waals surface area contributed by atoms with Crippen molar-refractivity contribution < 1.29 is 0 Å². The van der Waals surface area contributed by atoms with Gasteiger partial charge in [0.05, 0.1) is 7.85 Å². The highest BCUT2D eigenvalue weighted by Crippen LogP contribution is 2.53. The fourth-order valence-corrected chi connectivity index (χ4v) is 10.7. The fraction of sp³-hybridized carbons (Fsp3) is 0.250. The van der Waals surface area contributed by atoms with E-state index in [0.29, 0.717) is 6.32 Å². The van der Waals surface area contributed by atoms with Crippen molar-refractivity contribution in [3.05, 3.63) is 175 Å². The third-order valence-electron chi connectivity index (χ3n) is 14.4. The van der Waals surface area contributed by atoms with Crippen molar-refractivity contribution in [2.24, 2.45) is 0 Å². The van der Waals surface area contributed by atoms with Crippen LogP contribution < -0.4 is 0 Å². The Labute approximate surface area is 340 Å². The molecule has 0 unspecified atom stereocenters. The van der Waals surface area contributed by atoms with E-state index in [1.54, 1.807) is 0 Å². The Hall–Kier alpha value is -5.40. The van der Waals surface area contributed by atoms with Gasteiger partial charge in [-0.2, -0.15) is 0 Å². The van der Waals surface area contributed by atoms with E-state index in [-0.39, 0.29) is 0 Å². The predicted molar refractivity (Wildman–Crippen MR) is 247 cm³/mol. The van der Waals surface area contributed by atoms with Gasteiger partial charge in [-0.15, -0.1) is 0 Å². The number of aryl methyl sites for hydroxylation is 3. The highest BCUT2D eigenvalue weighted by Gasteiger charge is 2.31. The Balaban J connectivity index is 1.16. The van der Waals surface area contributed by atoms with Crippen molar-refractivity contribution in [3.8, 4) is 33.4 Å². The van der Waals surface area contributed by atoms with Gasteiger partial charge in [-0.25, -0.2) is 0 Å². The summed E-state index contributed by atoms with van der Waals surface area (Å²) in [6, 6.07) is 30.8. The van der Waals surface area contributed by atoms with Gasteiger partial charge < -0.3 is 0 Å². The Bertz CT molecular complexity index is 2900. The van der Waals surface area contributed by atoms with Crippen LogP contribution >= 0.6 is 0 Å². The molecule has 0 N–H and O–H groups in total. The van der Waals surface area contributed by atoms with Crippen molar-refractivity contribution >= 4 is 41.0 Å². The van der Waals surface area contributed by atoms with Crippen LogP contribution in [0.3, 0.4) is 0 Å². The molecule has 0 bridgehead atoms. The minimum Gasteiger partial charge on any atom is -0.0836 e. The van der Waals surface area contributed by atoms with Gasteiger partial charge in [0.2, 0.25) is 0 Å². The fourth-order valence-electron chi connectivity index (χ4n) is 10.7. The zero-order valence-electron chi connectivity index (χ0n) is 34.5. The molecule has 0 amide bonds. The number of hydrogen-bond donors (Lipinski definition) is 0. The van der Waals surface area contributed by atoms with Gasteiger partial charge in [-0.05, 0) is 225 Å². The van der Waals surface area contributed by atoms with E-state index in [4.69, 9.17) is 7.85 Å². The molecule has 0 spiro atoms. The van der Waals surface area contributed by atoms with Crippen molar-refractivity contribution in [1.82, 2.24) is 0 Å². The zero-order chi connectivity index (χ0) is 39.1. The van der Waals surface area contributed by atoms with Gasteiger partial charge in [0.15, 0.2) is 0 Å². The van der Waals surface area contributed by atoms with Crippen molar-refractivity contribution in [1.29, 1.82) is 0 Å². The number of hydrogen-bond acceptors (Lipinski definition) is 0. The number of fused-ring (bicyclic) bond motifs is 6. The van der Waals surface area contributed by atoms with E-state index in [9.17, 15) is 0 Å². The minimum atomic E-state index is 0.587. The third kappa shape index (κ3) is 5.64. The minimum absolute atomic E-state index is 0.587. The third-order valence-corrected chi connectivity index (χ3v) is 14.4. The van der Waals surface area contributed by atoms with Gasteiger partial charge >= 0.3 is 0 Å². The van der Waals surface area contributed by atoms with Crippen LogP contribution in [-0.4, -0.2) is 7.85 Å². The molecule has 0 heterocycles. The van der Waals surface area contributed by atoms with Crippen LogP contribution in [0, 0.1) is 20.8 Å². The summed E-state index contributed by atoms with van der Waals surface area (Å²) in [5.41, 5.74) is 29.5. The van der Waals surface area contributed by atoms with Crippen molar-refractivity contribution in [2.75, 3.05) is 0 Å². The van der Waals surface area contributed by atoms with E-state index in [0.717, 1.165) is 44.9 Å². The zero-order valence-corrected chi connectivity index (χ0v) is 34.5. The summed E-state index contributed by atoms with van der Waals surface area (Å²) in [5, 5.41) is 5.61. The molecule has 278 valence electrons. The summed E-state index contributed by atoms with van der Waals surface area (Å²) in [6.07, 6.45) is 17.7. The molecule has 0 fully saturated rings. The van der Waals surface area contributed by atoms with Crippen LogP contribution in [0.4, 0.5) is 0 Å². The molecular weight excluding hydrogens is 683 g/mol. The van der Waals surface area contributed by atoms with E-state index in [2.05, 4.69) is 145 Å². The van der Waals surface area contributed by atoms with Crippen LogP contribution in [0.15, 0.2) is 125 Å². The molecule has 2 radical (unpaired) electrons. The first-order chi connectivity index (χ1) is 27.7. The molecule has 10 rings (SSSR count). The molecule has 6 aromatic rings. The summed E-state index contributed by atoms with van der Waals surface area (Å²) < 4.78 is 0. The normalized spacial score (nSPS) is 16.9. The lowest BCUT2D eigenvalue weighted by molar-refractivity contribution is 0.926. The maximum absolute atomic E-state index is 6.21. The van der Waals surface area contributed by atoms with Crippen LogP contribution in [0.5, 0.6) is 0 Å². The summed E-state index contributed by atoms with van der Waals surface area (Å²) in [4.78, 5) is 0. The largest absolute Gasteiger partial charge is 0.0836 e. The first-order valence-corrected chi connectivity index (χ1v) is 21.2. The second kappa shape index (κ2) is 13.9. The SMILES string of the molecule is [B]C/C(C)=C(C)\C(C)=C1/CCc2c(C)c(C)c(C)c3c(-c4cccc5c4-c4ccc(-c6ccc7c(c6)C=C(C6=CCCC=C6)CC7)cc4C5)c4ccccc4c1c23. The Morgan fingerprint density at radius 2 is 1.42 bits per heavy atom. The van der Waals surface area contributed by atoms with Gasteiger partial charge in [0.25, 0.3) is 0 Å². The Kier molecular flexibility index (Phi) is 8.78. The smallest absolute Gasteiger partial charge is 0.0712 e. The molecule has 0 saturated carbocycles. The maximum Gasteiger partial charge on any atom is 0.0712 e. The molecule has 0 atom stereocenters. The van der Waals surface area contributed by atoms with Crippen molar-refractivity contribution in [3.63, 3.8) is 0 Å². The van der Waals surface area contributed by atoms with Gasteiger partial charge in [-0.3, -0.25) is 0 Å². The molecule has 4 aliphatic rings. The number of allylic oxidation sites excluding steroid dienone is 9. The molecule has 0 aliphatic heterocycles. The first kappa shape index (κ1) is 36.0. The molecule has 6 aromatic carbocycles. The van der Waals surface area contributed by atoms with Gasteiger partial charge in [0.1, 0.15) is 0 Å². The van der Waals surface area contributed by atoms with Crippen LogP contribution in [-0.2, 0) is 19.3 Å². The lowest BCUT2D eigenvalue weighted by Crippen LogP contribution is -2.10. The van der Waals surface area contributed by atoms with Crippen LogP contribution in [0.2, 0.25) is 6.32 Å². The molecule has 0 saturated heterocycles. The molecule has 0 nitrogen and oxygen atoms in total. The van der Waals surface area contributed by atoms with Gasteiger partial charge in [-0.1, -0.05) is 109 Å².